The standard InChI is InChI=1S/C21H26N2O5S/c1-16-5-3-8-20(17(16)2)28-12-9-21(24)22-18-6-4-7-19(15-18)29(25,26)23-10-13-27-14-11-23/h3-8,15H,9-14H2,1-2H3,(H,22,24). The first-order valence-corrected chi connectivity index (χ1v) is 11.0. The van der Waals surface area contributed by atoms with E-state index in [9.17, 15) is 13.2 Å². The molecular weight excluding hydrogens is 392 g/mol. The highest BCUT2D eigenvalue weighted by Gasteiger charge is 2.26. The predicted molar refractivity (Wildman–Crippen MR) is 111 cm³/mol. The van der Waals surface area contributed by atoms with Crippen LogP contribution in [0.2, 0.25) is 0 Å². The highest BCUT2D eigenvalue weighted by Crippen LogP contribution is 2.22. The molecule has 1 aliphatic heterocycles. The van der Waals surface area contributed by atoms with E-state index in [0.29, 0.717) is 32.0 Å². The summed E-state index contributed by atoms with van der Waals surface area (Å²) in [5, 5.41) is 2.74. The molecule has 0 radical (unpaired) electrons. The Hall–Kier alpha value is -2.42. The van der Waals surface area contributed by atoms with Crippen LogP contribution in [0.1, 0.15) is 17.5 Å². The molecule has 1 amide bonds. The summed E-state index contributed by atoms with van der Waals surface area (Å²) in [4.78, 5) is 12.4. The van der Waals surface area contributed by atoms with Gasteiger partial charge in [-0.25, -0.2) is 8.42 Å². The fourth-order valence-electron chi connectivity index (χ4n) is 3.03. The van der Waals surface area contributed by atoms with Crippen LogP contribution in [-0.2, 0) is 19.6 Å². The predicted octanol–water partition coefficient (Wildman–Crippen LogP) is 2.73. The maximum absolute atomic E-state index is 12.8. The van der Waals surface area contributed by atoms with Crippen LogP contribution >= 0.6 is 0 Å². The van der Waals surface area contributed by atoms with Crippen molar-refractivity contribution in [3.8, 4) is 5.75 Å². The molecule has 0 unspecified atom stereocenters. The second-order valence-corrected chi connectivity index (χ2v) is 8.83. The molecule has 3 rings (SSSR count). The monoisotopic (exact) mass is 418 g/mol. The van der Waals surface area contributed by atoms with Crippen LogP contribution < -0.4 is 10.1 Å². The lowest BCUT2D eigenvalue weighted by Gasteiger charge is -2.26. The normalized spacial score (nSPS) is 15.1. The van der Waals surface area contributed by atoms with E-state index in [1.807, 2.05) is 32.0 Å². The zero-order valence-corrected chi connectivity index (χ0v) is 17.5. The molecule has 0 aliphatic carbocycles. The molecule has 1 N–H and O–H groups in total. The maximum atomic E-state index is 12.8. The van der Waals surface area contributed by atoms with Gasteiger partial charge in [-0.05, 0) is 49.2 Å². The van der Waals surface area contributed by atoms with Crippen molar-refractivity contribution in [3.63, 3.8) is 0 Å². The number of nitrogens with zero attached hydrogens (tertiary/aromatic N) is 1. The van der Waals surface area contributed by atoms with Gasteiger partial charge in [0.1, 0.15) is 5.75 Å². The van der Waals surface area contributed by atoms with E-state index in [2.05, 4.69) is 5.32 Å². The summed E-state index contributed by atoms with van der Waals surface area (Å²) in [6, 6.07) is 12.1. The largest absolute Gasteiger partial charge is 0.493 e. The van der Waals surface area contributed by atoms with Gasteiger partial charge in [0.05, 0.1) is 31.1 Å². The zero-order valence-electron chi connectivity index (χ0n) is 16.7. The van der Waals surface area contributed by atoms with Gasteiger partial charge in [0.15, 0.2) is 0 Å². The molecule has 1 fully saturated rings. The van der Waals surface area contributed by atoms with Crippen LogP contribution in [0.5, 0.6) is 5.75 Å². The second-order valence-electron chi connectivity index (χ2n) is 6.89. The van der Waals surface area contributed by atoms with E-state index in [1.54, 1.807) is 12.1 Å². The number of carbonyl (C=O) groups is 1. The van der Waals surface area contributed by atoms with Crippen molar-refractivity contribution in [1.29, 1.82) is 0 Å². The summed E-state index contributed by atoms with van der Waals surface area (Å²) >= 11 is 0. The molecule has 1 aliphatic rings. The summed E-state index contributed by atoms with van der Waals surface area (Å²) in [6.45, 7) is 5.65. The number of ether oxygens (including phenoxy) is 2. The van der Waals surface area contributed by atoms with Crippen molar-refractivity contribution in [2.24, 2.45) is 0 Å². The van der Waals surface area contributed by atoms with Gasteiger partial charge in [0, 0.05) is 18.8 Å². The summed E-state index contributed by atoms with van der Waals surface area (Å²) < 4.78 is 37.8. The Balaban J connectivity index is 1.58. The molecule has 1 heterocycles. The van der Waals surface area contributed by atoms with Gasteiger partial charge >= 0.3 is 0 Å². The Labute approximate surface area is 171 Å². The first kappa shape index (κ1) is 21.3. The Kier molecular flexibility index (Phi) is 6.89. The fourth-order valence-corrected chi connectivity index (χ4v) is 4.48. The Morgan fingerprint density at radius 1 is 1.14 bits per heavy atom. The van der Waals surface area contributed by atoms with Crippen molar-refractivity contribution >= 4 is 21.6 Å². The van der Waals surface area contributed by atoms with E-state index in [0.717, 1.165) is 16.9 Å². The van der Waals surface area contributed by atoms with Crippen LogP contribution in [0.25, 0.3) is 0 Å². The maximum Gasteiger partial charge on any atom is 0.243 e. The minimum absolute atomic E-state index is 0.156. The van der Waals surface area contributed by atoms with Crippen molar-refractivity contribution in [2.45, 2.75) is 25.2 Å². The Bertz CT molecular complexity index is 969. The third-order valence-electron chi connectivity index (χ3n) is 4.87. The molecule has 2 aromatic rings. The smallest absolute Gasteiger partial charge is 0.243 e. The highest BCUT2D eigenvalue weighted by molar-refractivity contribution is 7.89. The Morgan fingerprint density at radius 2 is 1.86 bits per heavy atom. The molecule has 156 valence electrons. The van der Waals surface area contributed by atoms with Crippen molar-refractivity contribution in [2.75, 3.05) is 38.2 Å². The number of hydrogen-bond acceptors (Lipinski definition) is 5. The molecule has 29 heavy (non-hydrogen) atoms. The lowest BCUT2D eigenvalue weighted by atomic mass is 10.1. The molecule has 0 saturated carbocycles. The number of hydrogen-bond donors (Lipinski definition) is 1. The SMILES string of the molecule is Cc1cccc(OCCC(=O)Nc2cccc(S(=O)(=O)N3CCOCC3)c2)c1C. The molecule has 2 aromatic carbocycles. The first-order chi connectivity index (χ1) is 13.9. The van der Waals surface area contributed by atoms with E-state index in [-0.39, 0.29) is 23.8 Å². The second kappa shape index (κ2) is 9.39. The van der Waals surface area contributed by atoms with Gasteiger partial charge in [-0.3, -0.25) is 4.79 Å². The van der Waals surface area contributed by atoms with Crippen molar-refractivity contribution < 1.29 is 22.7 Å². The van der Waals surface area contributed by atoms with Gasteiger partial charge in [-0.2, -0.15) is 4.31 Å². The third-order valence-corrected chi connectivity index (χ3v) is 6.76. The molecular formula is C21H26N2O5S. The molecule has 0 aromatic heterocycles. The van der Waals surface area contributed by atoms with E-state index in [4.69, 9.17) is 9.47 Å². The number of rotatable bonds is 7. The van der Waals surface area contributed by atoms with Crippen LogP contribution in [0, 0.1) is 13.8 Å². The van der Waals surface area contributed by atoms with Crippen molar-refractivity contribution in [1.82, 2.24) is 4.31 Å². The molecule has 7 nitrogen and oxygen atoms in total. The average Bonchev–Trinajstić information content (AvgIpc) is 2.72. The number of amides is 1. The average molecular weight is 419 g/mol. The molecule has 8 heteroatoms. The van der Waals surface area contributed by atoms with Gasteiger partial charge in [-0.15, -0.1) is 0 Å². The van der Waals surface area contributed by atoms with E-state index in [1.165, 1.54) is 16.4 Å². The highest BCUT2D eigenvalue weighted by atomic mass is 32.2. The topological polar surface area (TPSA) is 84.9 Å². The zero-order chi connectivity index (χ0) is 20.9. The third kappa shape index (κ3) is 5.35. The summed E-state index contributed by atoms with van der Waals surface area (Å²) in [7, 11) is -3.60. The number of nitrogens with one attached hydrogen (secondary N) is 1. The first-order valence-electron chi connectivity index (χ1n) is 9.55. The fraction of sp³-hybridized carbons (Fsp3) is 0.381. The number of aryl methyl sites for hydroxylation is 1. The number of morpholine rings is 1. The number of carbonyl (C=O) groups excluding carboxylic acids is 1. The van der Waals surface area contributed by atoms with Gasteiger partial charge < -0.3 is 14.8 Å². The summed E-state index contributed by atoms with van der Waals surface area (Å²) in [5.74, 6) is 0.521. The van der Waals surface area contributed by atoms with E-state index >= 15 is 0 Å². The van der Waals surface area contributed by atoms with Gasteiger partial charge in [0.25, 0.3) is 0 Å². The lowest BCUT2D eigenvalue weighted by Crippen LogP contribution is -2.40. The van der Waals surface area contributed by atoms with Gasteiger partial charge in [0.2, 0.25) is 15.9 Å². The Morgan fingerprint density at radius 3 is 2.62 bits per heavy atom. The summed E-state index contributed by atoms with van der Waals surface area (Å²) in [5.41, 5.74) is 2.62. The minimum atomic E-state index is -3.60. The molecule has 1 saturated heterocycles. The minimum Gasteiger partial charge on any atom is -0.493 e. The number of sulfonamides is 1. The van der Waals surface area contributed by atoms with E-state index < -0.39 is 10.0 Å². The van der Waals surface area contributed by atoms with Crippen molar-refractivity contribution in [3.05, 3.63) is 53.6 Å². The molecule has 0 spiro atoms. The van der Waals surface area contributed by atoms with Crippen LogP contribution in [-0.4, -0.2) is 51.5 Å². The van der Waals surface area contributed by atoms with Gasteiger partial charge in [-0.1, -0.05) is 18.2 Å². The summed E-state index contributed by atoms with van der Waals surface area (Å²) in [6.07, 6.45) is 0.161. The van der Waals surface area contributed by atoms with Crippen LogP contribution in [0.15, 0.2) is 47.4 Å². The lowest BCUT2D eigenvalue weighted by molar-refractivity contribution is -0.116. The number of anilines is 1. The molecule has 0 atom stereocenters. The number of benzene rings is 2. The van der Waals surface area contributed by atoms with Crippen LogP contribution in [0.3, 0.4) is 0 Å². The molecule has 0 bridgehead atoms. The quantitative estimate of drug-likeness (QED) is 0.747. The van der Waals surface area contributed by atoms with Crippen LogP contribution in [0.4, 0.5) is 5.69 Å².